The van der Waals surface area contributed by atoms with E-state index < -0.39 is 0 Å². The van der Waals surface area contributed by atoms with Crippen LogP contribution in [0.4, 0.5) is 11.5 Å². The molecule has 0 spiro atoms. The minimum Gasteiger partial charge on any atom is -0.340 e. The van der Waals surface area contributed by atoms with Gasteiger partial charge in [0.25, 0.3) is 0 Å². The van der Waals surface area contributed by atoms with Crippen LogP contribution in [0.1, 0.15) is 48.7 Å². The molecular formula is C23H22ClN7. The second kappa shape index (κ2) is 6.99. The van der Waals surface area contributed by atoms with Crippen molar-refractivity contribution in [2.75, 3.05) is 11.4 Å². The van der Waals surface area contributed by atoms with Crippen LogP contribution >= 0.6 is 11.6 Å². The Hall–Kier alpha value is -3.06. The van der Waals surface area contributed by atoms with E-state index >= 15 is 0 Å². The molecule has 31 heavy (non-hydrogen) atoms. The molecule has 7 nitrogen and oxygen atoms in total. The third-order valence-electron chi connectivity index (χ3n) is 6.53. The first kappa shape index (κ1) is 18.7. The smallest absolute Gasteiger partial charge is 0.177 e. The average molecular weight is 432 g/mol. The maximum atomic E-state index is 6.12. The number of hydrogen-bond acceptors (Lipinski definition) is 6. The van der Waals surface area contributed by atoms with Crippen LogP contribution in [0, 0.1) is 6.92 Å². The van der Waals surface area contributed by atoms with Crippen LogP contribution in [0.25, 0.3) is 11.2 Å². The van der Waals surface area contributed by atoms with Gasteiger partial charge >= 0.3 is 0 Å². The summed E-state index contributed by atoms with van der Waals surface area (Å²) in [6.07, 6.45) is 8.70. The fourth-order valence-electron chi connectivity index (χ4n) is 4.79. The molecule has 1 aliphatic heterocycles. The SMILES string of the molecule is Cc1nccc(N2CCCc3nc(C4(c5nc6ncc(Cl)cc6[nH]5)CCC4)ccc32)n1. The number of rotatable bonds is 3. The van der Waals surface area contributed by atoms with E-state index in [1.54, 1.807) is 6.20 Å². The number of hydrogen-bond donors (Lipinski definition) is 1. The predicted octanol–water partition coefficient (Wildman–Crippen LogP) is 4.66. The maximum Gasteiger partial charge on any atom is 0.177 e. The van der Waals surface area contributed by atoms with Crippen LogP contribution in [0.15, 0.2) is 36.7 Å². The van der Waals surface area contributed by atoms with Gasteiger partial charge in [0.2, 0.25) is 0 Å². The Morgan fingerprint density at radius 1 is 1.06 bits per heavy atom. The van der Waals surface area contributed by atoms with Crippen molar-refractivity contribution in [3.05, 3.63) is 64.7 Å². The summed E-state index contributed by atoms with van der Waals surface area (Å²) in [7, 11) is 0. The number of H-pyrrole nitrogens is 1. The Balaban J connectivity index is 1.41. The Morgan fingerprint density at radius 3 is 2.77 bits per heavy atom. The molecule has 0 bridgehead atoms. The zero-order valence-electron chi connectivity index (χ0n) is 17.3. The van der Waals surface area contributed by atoms with Gasteiger partial charge in [-0.1, -0.05) is 18.0 Å². The highest BCUT2D eigenvalue weighted by Crippen LogP contribution is 2.48. The zero-order valence-corrected chi connectivity index (χ0v) is 18.0. The first-order chi connectivity index (χ1) is 15.1. The molecule has 2 aliphatic rings. The van der Waals surface area contributed by atoms with Crippen molar-refractivity contribution in [2.45, 2.75) is 44.4 Å². The molecule has 1 fully saturated rings. The maximum absolute atomic E-state index is 6.12. The van der Waals surface area contributed by atoms with E-state index in [-0.39, 0.29) is 5.41 Å². The summed E-state index contributed by atoms with van der Waals surface area (Å²) in [4.78, 5) is 29.0. The average Bonchev–Trinajstić information content (AvgIpc) is 3.15. The van der Waals surface area contributed by atoms with Gasteiger partial charge in [0.15, 0.2) is 5.65 Å². The summed E-state index contributed by atoms with van der Waals surface area (Å²) < 4.78 is 0. The molecule has 1 aliphatic carbocycles. The molecule has 4 aromatic rings. The predicted molar refractivity (Wildman–Crippen MR) is 120 cm³/mol. The lowest BCUT2D eigenvalue weighted by Gasteiger charge is -2.40. The number of aromatic amines is 1. The molecular weight excluding hydrogens is 410 g/mol. The van der Waals surface area contributed by atoms with Crippen molar-refractivity contribution >= 4 is 34.3 Å². The quantitative estimate of drug-likeness (QED) is 0.508. The van der Waals surface area contributed by atoms with Crippen LogP contribution in [0.5, 0.6) is 0 Å². The lowest BCUT2D eigenvalue weighted by Crippen LogP contribution is -2.38. The van der Waals surface area contributed by atoms with E-state index in [2.05, 4.69) is 37.0 Å². The zero-order chi connectivity index (χ0) is 21.0. The number of anilines is 2. The van der Waals surface area contributed by atoms with E-state index in [9.17, 15) is 0 Å². The van der Waals surface area contributed by atoms with Gasteiger partial charge in [-0.3, -0.25) is 4.98 Å². The summed E-state index contributed by atoms with van der Waals surface area (Å²) in [6.45, 7) is 2.86. The van der Waals surface area contributed by atoms with Crippen molar-refractivity contribution in [3.63, 3.8) is 0 Å². The molecule has 0 radical (unpaired) electrons. The van der Waals surface area contributed by atoms with Crippen molar-refractivity contribution in [3.8, 4) is 0 Å². The Labute approximate surface area is 185 Å². The first-order valence-electron chi connectivity index (χ1n) is 10.7. The van der Waals surface area contributed by atoms with Crippen LogP contribution in [-0.2, 0) is 11.8 Å². The number of pyridine rings is 2. The molecule has 0 unspecified atom stereocenters. The topological polar surface area (TPSA) is 83.5 Å². The molecule has 1 N–H and O–H groups in total. The molecule has 4 aromatic heterocycles. The van der Waals surface area contributed by atoms with Gasteiger partial charge in [-0.2, -0.15) is 0 Å². The van der Waals surface area contributed by atoms with Gasteiger partial charge in [-0.15, -0.1) is 0 Å². The minimum atomic E-state index is -0.185. The summed E-state index contributed by atoms with van der Waals surface area (Å²) in [6, 6.07) is 8.22. The highest BCUT2D eigenvalue weighted by molar-refractivity contribution is 6.31. The van der Waals surface area contributed by atoms with Gasteiger partial charge < -0.3 is 9.88 Å². The number of halogens is 1. The highest BCUT2D eigenvalue weighted by atomic mass is 35.5. The normalized spacial score (nSPS) is 17.4. The number of aryl methyl sites for hydroxylation is 2. The van der Waals surface area contributed by atoms with E-state index in [1.807, 2.05) is 25.3 Å². The number of fused-ring (bicyclic) bond motifs is 2. The van der Waals surface area contributed by atoms with Crippen molar-refractivity contribution in [2.24, 2.45) is 0 Å². The van der Waals surface area contributed by atoms with Crippen LogP contribution < -0.4 is 4.90 Å². The highest BCUT2D eigenvalue weighted by Gasteiger charge is 2.45. The third-order valence-corrected chi connectivity index (χ3v) is 6.74. The Bertz CT molecular complexity index is 1290. The van der Waals surface area contributed by atoms with Gasteiger partial charge in [0.1, 0.15) is 17.5 Å². The summed E-state index contributed by atoms with van der Waals surface area (Å²) in [5.74, 6) is 2.65. The second-order valence-corrected chi connectivity index (χ2v) is 8.86. The molecule has 156 valence electrons. The van der Waals surface area contributed by atoms with Gasteiger partial charge in [0, 0.05) is 18.9 Å². The van der Waals surface area contributed by atoms with Gasteiger partial charge in [0.05, 0.1) is 33.0 Å². The van der Waals surface area contributed by atoms with E-state index in [0.29, 0.717) is 10.7 Å². The summed E-state index contributed by atoms with van der Waals surface area (Å²) >= 11 is 6.12. The van der Waals surface area contributed by atoms with Gasteiger partial charge in [-0.05, 0) is 56.9 Å². The largest absolute Gasteiger partial charge is 0.340 e. The molecule has 8 heteroatoms. The fraction of sp³-hybridized carbons (Fsp3) is 0.348. The molecule has 0 atom stereocenters. The molecule has 0 aromatic carbocycles. The van der Waals surface area contributed by atoms with Crippen molar-refractivity contribution in [1.82, 2.24) is 29.9 Å². The Kier molecular flexibility index (Phi) is 4.21. The minimum absolute atomic E-state index is 0.185. The van der Waals surface area contributed by atoms with Crippen LogP contribution in [0.2, 0.25) is 5.02 Å². The molecule has 0 saturated heterocycles. The second-order valence-electron chi connectivity index (χ2n) is 8.43. The molecule has 6 rings (SSSR count). The lowest BCUT2D eigenvalue weighted by atomic mass is 9.65. The number of aromatic nitrogens is 6. The number of nitrogens with zero attached hydrogens (tertiary/aromatic N) is 6. The van der Waals surface area contributed by atoms with E-state index in [0.717, 1.165) is 78.7 Å². The summed E-state index contributed by atoms with van der Waals surface area (Å²) in [5.41, 5.74) is 4.74. The van der Waals surface area contributed by atoms with Crippen LogP contribution in [-0.4, -0.2) is 36.4 Å². The van der Waals surface area contributed by atoms with E-state index in [1.165, 1.54) is 0 Å². The lowest BCUT2D eigenvalue weighted by molar-refractivity contribution is 0.279. The summed E-state index contributed by atoms with van der Waals surface area (Å²) in [5, 5.41) is 0.609. The first-order valence-corrected chi connectivity index (χ1v) is 11.1. The molecule has 5 heterocycles. The fourth-order valence-corrected chi connectivity index (χ4v) is 4.95. The standard InChI is InChI=1S/C23H22ClN7/c1-14-25-10-7-20(27-14)31-11-2-4-16-18(31)5-6-19(28-16)23(8-3-9-23)22-29-17-12-15(24)13-26-21(17)30-22/h5-7,10,12-13H,2-4,8-9,11H2,1H3,(H,26,29,30). The monoisotopic (exact) mass is 431 g/mol. The molecule has 1 saturated carbocycles. The van der Waals surface area contributed by atoms with E-state index in [4.69, 9.17) is 21.6 Å². The van der Waals surface area contributed by atoms with Crippen molar-refractivity contribution in [1.29, 1.82) is 0 Å². The molecule has 0 amide bonds. The number of nitrogens with one attached hydrogen (secondary N) is 1. The van der Waals surface area contributed by atoms with Crippen LogP contribution in [0.3, 0.4) is 0 Å². The number of imidazole rings is 1. The third kappa shape index (κ3) is 2.98. The van der Waals surface area contributed by atoms with Crippen molar-refractivity contribution < 1.29 is 0 Å². The van der Waals surface area contributed by atoms with Gasteiger partial charge in [-0.25, -0.2) is 19.9 Å². The Morgan fingerprint density at radius 2 is 1.97 bits per heavy atom.